The molecule has 2 saturated heterocycles. The zero-order valence-electron chi connectivity index (χ0n) is 8.54. The number of carbonyl (C=O) groups excluding carboxylic acids is 1. The summed E-state index contributed by atoms with van der Waals surface area (Å²) in [6.07, 6.45) is 1.11. The van der Waals surface area contributed by atoms with Gasteiger partial charge in [-0.15, -0.1) is 0 Å². The van der Waals surface area contributed by atoms with Gasteiger partial charge in [0.1, 0.15) is 0 Å². The van der Waals surface area contributed by atoms with E-state index >= 15 is 0 Å². The quantitative estimate of drug-likeness (QED) is 0.532. The predicted octanol–water partition coefficient (Wildman–Crippen LogP) is -0.649. The van der Waals surface area contributed by atoms with Crippen molar-refractivity contribution < 1.29 is 19.7 Å². The van der Waals surface area contributed by atoms with Gasteiger partial charge in [-0.2, -0.15) is 0 Å². The number of fused-ring (bicyclic) bond motifs is 1. The van der Waals surface area contributed by atoms with Crippen molar-refractivity contribution in [3.05, 3.63) is 0 Å². The van der Waals surface area contributed by atoms with Gasteiger partial charge in [0.2, 0.25) is 5.79 Å². The van der Waals surface area contributed by atoms with Crippen molar-refractivity contribution in [3.63, 3.8) is 0 Å². The first kappa shape index (κ1) is 7.67. The van der Waals surface area contributed by atoms with Crippen molar-refractivity contribution in [2.24, 2.45) is 47.3 Å². The molecule has 0 aromatic heterocycles. The fourth-order valence-corrected chi connectivity index (χ4v) is 7.20. The minimum atomic E-state index is -1.23. The molecule has 0 spiro atoms. The Kier molecular flexibility index (Phi) is 0.758. The lowest BCUT2D eigenvalue weighted by Crippen LogP contribution is -2.74. The second kappa shape index (κ2) is 1.58. The molecule has 2 aliphatic heterocycles. The largest absolute Gasteiger partial charge is 0.430 e. The lowest BCUT2D eigenvalue weighted by atomic mass is 9.53. The van der Waals surface area contributed by atoms with Gasteiger partial charge in [-0.1, -0.05) is 0 Å². The third kappa shape index (κ3) is 0.371. The second-order valence-corrected chi connectivity index (χ2v) is 6.79. The Labute approximate surface area is 91.6 Å². The fraction of sp³-hybridized carbons (Fsp3) is 0.917. The molecule has 0 aromatic rings. The SMILES string of the molecule is O=C1O[C@]2(O)[C@H]3[C@@H]4C[C@H]5[C@@H]6[C@H]4[C@H]2[C@@H]6[C@]1(O)[C@H]53. The van der Waals surface area contributed by atoms with Crippen LogP contribution in [0.3, 0.4) is 0 Å². The lowest BCUT2D eigenvalue weighted by molar-refractivity contribution is -0.350. The molecule has 5 aliphatic carbocycles. The van der Waals surface area contributed by atoms with E-state index in [-0.39, 0.29) is 23.7 Å². The van der Waals surface area contributed by atoms with Crippen LogP contribution in [0, 0.1) is 47.3 Å². The second-order valence-electron chi connectivity index (χ2n) is 6.79. The van der Waals surface area contributed by atoms with Crippen molar-refractivity contribution >= 4 is 5.97 Å². The van der Waals surface area contributed by atoms with Crippen LogP contribution in [0.2, 0.25) is 0 Å². The van der Waals surface area contributed by atoms with Gasteiger partial charge in [0.25, 0.3) is 0 Å². The van der Waals surface area contributed by atoms with Gasteiger partial charge in [-0.25, -0.2) is 4.79 Å². The minimum Gasteiger partial charge on any atom is -0.430 e. The number of hydrogen-bond donors (Lipinski definition) is 2. The van der Waals surface area contributed by atoms with Crippen LogP contribution in [0.25, 0.3) is 0 Å². The van der Waals surface area contributed by atoms with E-state index in [1.54, 1.807) is 0 Å². The average Bonchev–Trinajstić information content (AvgIpc) is 2.66. The van der Waals surface area contributed by atoms with Crippen molar-refractivity contribution in [1.29, 1.82) is 0 Å². The van der Waals surface area contributed by atoms with Gasteiger partial charge in [-0.3, -0.25) is 0 Å². The Morgan fingerprint density at radius 2 is 1.75 bits per heavy atom. The number of aliphatic hydroxyl groups is 2. The third-order valence-corrected chi connectivity index (χ3v) is 7.06. The third-order valence-electron chi connectivity index (χ3n) is 7.06. The summed E-state index contributed by atoms with van der Waals surface area (Å²) in [5.74, 6) is 0.466. The summed E-state index contributed by atoms with van der Waals surface area (Å²) in [6, 6.07) is 0. The number of ether oxygens (including phenoxy) is 1. The molecule has 84 valence electrons. The molecule has 7 rings (SSSR count). The number of rotatable bonds is 0. The molecular weight excluding hydrogens is 208 g/mol. The Balaban J connectivity index is 1.78. The van der Waals surface area contributed by atoms with E-state index in [1.807, 2.05) is 0 Å². The highest BCUT2D eigenvalue weighted by Gasteiger charge is 2.96. The van der Waals surface area contributed by atoms with E-state index < -0.39 is 17.4 Å². The van der Waals surface area contributed by atoms with E-state index in [9.17, 15) is 15.0 Å². The van der Waals surface area contributed by atoms with Crippen molar-refractivity contribution in [2.75, 3.05) is 0 Å². The van der Waals surface area contributed by atoms with Gasteiger partial charge >= 0.3 is 5.97 Å². The molecule has 0 radical (unpaired) electrons. The van der Waals surface area contributed by atoms with E-state index in [4.69, 9.17) is 4.74 Å². The molecule has 7 fully saturated rings. The van der Waals surface area contributed by atoms with Crippen LogP contribution in [0.15, 0.2) is 0 Å². The maximum Gasteiger partial charge on any atom is 0.341 e. The molecule has 10 atom stereocenters. The molecule has 4 heteroatoms. The van der Waals surface area contributed by atoms with E-state index in [1.165, 1.54) is 0 Å². The van der Waals surface area contributed by atoms with Crippen LogP contribution in [0.5, 0.6) is 0 Å². The van der Waals surface area contributed by atoms with E-state index in [0.29, 0.717) is 23.7 Å². The van der Waals surface area contributed by atoms with Gasteiger partial charge in [0.05, 0.1) is 0 Å². The summed E-state index contributed by atoms with van der Waals surface area (Å²) < 4.78 is 5.22. The summed E-state index contributed by atoms with van der Waals surface area (Å²) in [6.45, 7) is 0. The lowest BCUT2D eigenvalue weighted by Gasteiger charge is -2.59. The van der Waals surface area contributed by atoms with Crippen molar-refractivity contribution in [2.45, 2.75) is 17.8 Å². The van der Waals surface area contributed by atoms with Crippen molar-refractivity contribution in [3.8, 4) is 0 Å². The predicted molar refractivity (Wildman–Crippen MR) is 48.5 cm³/mol. The Bertz CT molecular complexity index is 489. The maximum absolute atomic E-state index is 11.9. The molecule has 0 aromatic carbocycles. The Morgan fingerprint density at radius 1 is 1.06 bits per heavy atom. The summed E-state index contributed by atoms with van der Waals surface area (Å²) in [5, 5.41) is 21.4. The molecular formula is C12H12O4. The molecule has 0 unspecified atom stereocenters. The summed E-state index contributed by atoms with van der Waals surface area (Å²) >= 11 is 0. The Morgan fingerprint density at radius 3 is 2.56 bits per heavy atom. The fourth-order valence-electron chi connectivity index (χ4n) is 7.20. The average molecular weight is 220 g/mol. The van der Waals surface area contributed by atoms with Gasteiger partial charge in [-0.05, 0) is 30.1 Å². The highest BCUT2D eigenvalue weighted by Crippen LogP contribution is 2.89. The normalized spacial score (nSPS) is 83.2. The number of carbonyl (C=O) groups is 1. The van der Waals surface area contributed by atoms with Gasteiger partial charge in [0, 0.05) is 23.7 Å². The molecule has 7 aliphatic rings. The first-order valence-electron chi connectivity index (χ1n) is 6.28. The number of hydrogen-bond acceptors (Lipinski definition) is 4. The molecule has 16 heavy (non-hydrogen) atoms. The van der Waals surface area contributed by atoms with E-state index in [0.717, 1.165) is 6.42 Å². The zero-order valence-corrected chi connectivity index (χ0v) is 8.54. The highest BCUT2D eigenvalue weighted by atomic mass is 16.7. The monoisotopic (exact) mass is 220 g/mol. The summed E-state index contributed by atoms with van der Waals surface area (Å²) in [4.78, 5) is 11.9. The van der Waals surface area contributed by atoms with Crippen LogP contribution in [-0.4, -0.2) is 27.6 Å². The van der Waals surface area contributed by atoms with Gasteiger partial charge < -0.3 is 14.9 Å². The minimum absolute atomic E-state index is 0.00810. The molecule has 2 heterocycles. The topological polar surface area (TPSA) is 66.8 Å². The highest BCUT2D eigenvalue weighted by molar-refractivity contribution is 5.85. The Hall–Kier alpha value is -0.610. The van der Waals surface area contributed by atoms with Crippen molar-refractivity contribution in [1.82, 2.24) is 0 Å². The van der Waals surface area contributed by atoms with Crippen LogP contribution < -0.4 is 0 Å². The maximum atomic E-state index is 11.9. The molecule has 5 saturated carbocycles. The standard InChI is InChI=1S/C12H12O4/c13-10-11(14)6-2-1-3-5-4(2)8(11)9(5)12(15,16-10)7(3)6/h2-9,14-15H,1H2/t2-,3+,4+,5-,6+,7-,8+,9-,11+,12+/m0/s1. The smallest absolute Gasteiger partial charge is 0.341 e. The molecule has 0 amide bonds. The van der Waals surface area contributed by atoms with Crippen LogP contribution in [0.1, 0.15) is 6.42 Å². The van der Waals surface area contributed by atoms with Gasteiger partial charge in [0.15, 0.2) is 5.60 Å². The number of esters is 1. The van der Waals surface area contributed by atoms with Crippen LogP contribution in [-0.2, 0) is 9.53 Å². The first-order chi connectivity index (χ1) is 7.60. The summed E-state index contributed by atoms with van der Waals surface area (Å²) in [7, 11) is 0. The molecule has 4 nitrogen and oxygen atoms in total. The zero-order chi connectivity index (χ0) is 10.6. The first-order valence-corrected chi connectivity index (χ1v) is 6.28. The molecule has 4 bridgehead atoms. The van der Waals surface area contributed by atoms with Crippen LogP contribution >= 0.6 is 0 Å². The van der Waals surface area contributed by atoms with E-state index in [2.05, 4.69) is 0 Å². The molecule has 2 N–H and O–H groups in total. The summed E-state index contributed by atoms with van der Waals surface area (Å²) in [5.41, 5.74) is -1.23. The van der Waals surface area contributed by atoms with Crippen LogP contribution in [0.4, 0.5) is 0 Å².